The number of H-pyrrole nitrogens is 1. The Kier molecular flexibility index (Phi) is 4.88. The summed E-state index contributed by atoms with van der Waals surface area (Å²) < 4.78 is 30.8. The van der Waals surface area contributed by atoms with Crippen LogP contribution < -0.4 is 10.5 Å². The lowest BCUT2D eigenvalue weighted by Crippen LogP contribution is -2.19. The second kappa shape index (κ2) is 7.72. The van der Waals surface area contributed by atoms with E-state index in [1.165, 1.54) is 12.1 Å². The normalized spacial score (nSPS) is 15.4. The molecule has 0 spiro atoms. The zero-order valence-corrected chi connectivity index (χ0v) is 17.2. The minimum Gasteiger partial charge on any atom is -0.381 e. The molecule has 3 aromatic heterocycles. The molecule has 1 aliphatic rings. The Balaban J connectivity index is 1.50. The van der Waals surface area contributed by atoms with Crippen LogP contribution in [0.2, 0.25) is 0 Å². The van der Waals surface area contributed by atoms with E-state index in [4.69, 9.17) is 9.88 Å². The van der Waals surface area contributed by atoms with Crippen LogP contribution >= 0.6 is 0 Å². The number of ether oxygens (including phenoxy) is 1. The second-order valence-electron chi connectivity index (χ2n) is 7.28. The van der Waals surface area contributed by atoms with E-state index in [2.05, 4.69) is 30.6 Å². The number of sulfonamides is 1. The van der Waals surface area contributed by atoms with Crippen molar-refractivity contribution in [3.05, 3.63) is 42.9 Å². The molecule has 1 fully saturated rings. The Labute approximate surface area is 177 Å². The zero-order chi connectivity index (χ0) is 21.4. The molecule has 0 unspecified atom stereocenters. The Hall–Kier alpha value is -3.35. The average Bonchev–Trinajstić information content (AvgIpc) is 3.43. The predicted molar refractivity (Wildman–Crippen MR) is 113 cm³/mol. The van der Waals surface area contributed by atoms with Gasteiger partial charge in [-0.15, -0.1) is 0 Å². The highest BCUT2D eigenvalue weighted by Gasteiger charge is 2.18. The number of primary sulfonamides is 1. The summed E-state index contributed by atoms with van der Waals surface area (Å²) in [5, 5.41) is 20.0. The summed E-state index contributed by atoms with van der Waals surface area (Å²) in [6, 6.07) is 6.51. The molecule has 4 N–H and O–H groups in total. The molecule has 11 nitrogen and oxygen atoms in total. The fourth-order valence-electron chi connectivity index (χ4n) is 3.56. The zero-order valence-electron chi connectivity index (χ0n) is 16.4. The fourth-order valence-corrected chi connectivity index (χ4v) is 4.12. The van der Waals surface area contributed by atoms with Crippen molar-refractivity contribution >= 4 is 32.6 Å². The molecule has 0 atom stereocenters. The van der Waals surface area contributed by atoms with Gasteiger partial charge in [0.1, 0.15) is 11.0 Å². The number of aromatic amines is 1. The van der Waals surface area contributed by atoms with E-state index in [0.717, 1.165) is 31.7 Å². The average molecular weight is 440 g/mol. The molecule has 0 bridgehead atoms. The first-order chi connectivity index (χ1) is 15.0. The number of anilines is 2. The van der Waals surface area contributed by atoms with Gasteiger partial charge in [-0.1, -0.05) is 12.1 Å². The van der Waals surface area contributed by atoms with Crippen molar-refractivity contribution in [1.29, 1.82) is 0 Å². The summed E-state index contributed by atoms with van der Waals surface area (Å²) in [5.41, 5.74) is 2.51. The van der Waals surface area contributed by atoms with Crippen LogP contribution in [0.4, 0.5) is 11.5 Å². The van der Waals surface area contributed by atoms with E-state index in [1.807, 2.05) is 10.9 Å². The lowest BCUT2D eigenvalue weighted by Gasteiger charge is -2.22. The van der Waals surface area contributed by atoms with Gasteiger partial charge in [-0.2, -0.15) is 10.2 Å². The minimum absolute atomic E-state index is 0.00635. The number of nitrogens with one attached hydrogen (secondary N) is 2. The highest BCUT2D eigenvalue weighted by molar-refractivity contribution is 7.89. The predicted octanol–water partition coefficient (Wildman–Crippen LogP) is 1.96. The van der Waals surface area contributed by atoms with Crippen LogP contribution in [0, 0.1) is 0 Å². The molecule has 0 radical (unpaired) electrons. The third kappa shape index (κ3) is 4.00. The summed E-state index contributed by atoms with van der Waals surface area (Å²) in [5.74, 6) is 0.851. The topological polar surface area (TPSA) is 154 Å². The lowest BCUT2D eigenvalue weighted by atomic mass is 10.1. The van der Waals surface area contributed by atoms with Crippen LogP contribution in [-0.2, 0) is 14.8 Å². The van der Waals surface area contributed by atoms with Crippen molar-refractivity contribution in [2.24, 2.45) is 5.14 Å². The van der Waals surface area contributed by atoms with Gasteiger partial charge in [-0.25, -0.2) is 23.5 Å². The smallest absolute Gasteiger partial charge is 0.238 e. The van der Waals surface area contributed by atoms with Crippen LogP contribution in [0.25, 0.3) is 22.4 Å². The van der Waals surface area contributed by atoms with Gasteiger partial charge in [0.15, 0.2) is 11.6 Å². The molecule has 1 aliphatic heterocycles. The molecule has 4 heterocycles. The number of hydrogen-bond acceptors (Lipinski definition) is 8. The molecule has 12 heteroatoms. The summed E-state index contributed by atoms with van der Waals surface area (Å²) >= 11 is 0. The maximum atomic E-state index is 11.7. The maximum Gasteiger partial charge on any atom is 0.238 e. The van der Waals surface area contributed by atoms with E-state index in [1.54, 1.807) is 24.5 Å². The molecular formula is C19H20N8O3S. The van der Waals surface area contributed by atoms with Gasteiger partial charge in [0.05, 0.1) is 29.0 Å². The van der Waals surface area contributed by atoms with Crippen molar-refractivity contribution < 1.29 is 13.2 Å². The summed E-state index contributed by atoms with van der Waals surface area (Å²) in [4.78, 5) is 9.09. The van der Waals surface area contributed by atoms with Gasteiger partial charge in [0.25, 0.3) is 0 Å². The largest absolute Gasteiger partial charge is 0.381 e. The van der Waals surface area contributed by atoms with Gasteiger partial charge in [-0.05, 0) is 25.0 Å². The van der Waals surface area contributed by atoms with Crippen molar-refractivity contribution in [3.63, 3.8) is 0 Å². The quantitative estimate of drug-likeness (QED) is 0.425. The Morgan fingerprint density at radius 1 is 1.19 bits per heavy atom. The molecule has 5 rings (SSSR count). The summed E-state index contributed by atoms with van der Waals surface area (Å²) in [6.07, 6.45) is 7.09. The molecule has 1 aromatic carbocycles. The van der Waals surface area contributed by atoms with E-state index in [9.17, 15) is 8.42 Å². The van der Waals surface area contributed by atoms with Crippen LogP contribution in [0.1, 0.15) is 18.9 Å². The molecular weight excluding hydrogens is 420 g/mol. The SMILES string of the molecule is NS(=O)(=O)c1cccc(-c2nc(Nc3cnn(C4CCOCC4)c3)c3[nH]ncc3n2)c1. The third-order valence-corrected chi connectivity index (χ3v) is 6.06. The van der Waals surface area contributed by atoms with Gasteiger partial charge in [-0.3, -0.25) is 9.78 Å². The summed E-state index contributed by atoms with van der Waals surface area (Å²) in [7, 11) is -3.84. The van der Waals surface area contributed by atoms with Crippen LogP contribution in [0.3, 0.4) is 0 Å². The van der Waals surface area contributed by atoms with Crippen LogP contribution in [0.5, 0.6) is 0 Å². The highest BCUT2D eigenvalue weighted by atomic mass is 32.2. The number of rotatable bonds is 5. The van der Waals surface area contributed by atoms with Gasteiger partial charge < -0.3 is 10.1 Å². The molecule has 4 aromatic rings. The second-order valence-corrected chi connectivity index (χ2v) is 8.84. The fraction of sp³-hybridized carbons (Fsp3) is 0.263. The van der Waals surface area contributed by atoms with Crippen molar-refractivity contribution in [3.8, 4) is 11.4 Å². The van der Waals surface area contributed by atoms with Crippen LogP contribution in [0.15, 0.2) is 47.8 Å². The molecule has 0 saturated carbocycles. The highest BCUT2D eigenvalue weighted by Crippen LogP contribution is 2.28. The Morgan fingerprint density at radius 2 is 2.03 bits per heavy atom. The third-order valence-electron chi connectivity index (χ3n) is 5.15. The number of benzene rings is 1. The van der Waals surface area contributed by atoms with Gasteiger partial charge in [0, 0.05) is 25.0 Å². The number of nitrogens with zero attached hydrogens (tertiary/aromatic N) is 5. The summed E-state index contributed by atoms with van der Waals surface area (Å²) in [6.45, 7) is 1.46. The molecule has 160 valence electrons. The number of aromatic nitrogens is 6. The first kappa shape index (κ1) is 19.6. The molecule has 1 saturated heterocycles. The van der Waals surface area contributed by atoms with E-state index in [-0.39, 0.29) is 4.90 Å². The van der Waals surface area contributed by atoms with Gasteiger partial charge >= 0.3 is 0 Å². The molecule has 31 heavy (non-hydrogen) atoms. The monoisotopic (exact) mass is 440 g/mol. The van der Waals surface area contributed by atoms with Crippen molar-refractivity contribution in [1.82, 2.24) is 29.9 Å². The van der Waals surface area contributed by atoms with Crippen molar-refractivity contribution in [2.45, 2.75) is 23.8 Å². The minimum atomic E-state index is -3.84. The number of nitrogens with two attached hydrogens (primary N) is 1. The lowest BCUT2D eigenvalue weighted by molar-refractivity contribution is 0.0662. The van der Waals surface area contributed by atoms with Gasteiger partial charge in [0.2, 0.25) is 10.0 Å². The van der Waals surface area contributed by atoms with E-state index in [0.29, 0.717) is 34.3 Å². The number of fused-ring (bicyclic) bond motifs is 1. The molecule has 0 amide bonds. The van der Waals surface area contributed by atoms with Crippen LogP contribution in [-0.4, -0.2) is 51.6 Å². The van der Waals surface area contributed by atoms with Crippen molar-refractivity contribution in [2.75, 3.05) is 18.5 Å². The van der Waals surface area contributed by atoms with E-state index < -0.39 is 10.0 Å². The maximum absolute atomic E-state index is 11.7. The first-order valence-electron chi connectivity index (χ1n) is 9.71. The first-order valence-corrected chi connectivity index (χ1v) is 11.3. The standard InChI is InChI=1S/C19H20N8O3S/c20-31(28,29)15-3-1-2-12(8-15)18-24-16-10-21-26-17(16)19(25-18)23-13-9-22-27(11-13)14-4-6-30-7-5-14/h1-3,8-11,14H,4-7H2,(H,21,26)(H2,20,28,29)(H,23,24,25). The Morgan fingerprint density at radius 3 is 2.84 bits per heavy atom. The molecule has 0 aliphatic carbocycles. The van der Waals surface area contributed by atoms with E-state index >= 15 is 0 Å². The Bertz CT molecular complexity index is 1340. The number of hydrogen-bond donors (Lipinski definition) is 3.